The third-order valence-corrected chi connectivity index (χ3v) is 4.30. The predicted molar refractivity (Wildman–Crippen MR) is 76.1 cm³/mol. The molecule has 2 aliphatic rings. The van der Waals surface area contributed by atoms with Crippen molar-refractivity contribution < 1.29 is 4.79 Å². The Morgan fingerprint density at radius 2 is 1.74 bits per heavy atom. The van der Waals surface area contributed by atoms with Crippen LogP contribution < -0.4 is 5.32 Å². The largest absolute Gasteiger partial charge is 0.342 e. The highest BCUT2D eigenvalue weighted by molar-refractivity contribution is 5.78. The Hall–Kier alpha value is -1.35. The van der Waals surface area contributed by atoms with Gasteiger partial charge in [-0.2, -0.15) is 0 Å². The van der Waals surface area contributed by atoms with Crippen LogP contribution in [0.2, 0.25) is 0 Å². The summed E-state index contributed by atoms with van der Waals surface area (Å²) in [5.74, 6) is 0.274. The summed E-state index contributed by atoms with van der Waals surface area (Å²) in [6.45, 7) is 2.40. The molecule has 0 spiro atoms. The molecular formula is C16H22N2O. The van der Waals surface area contributed by atoms with E-state index in [-0.39, 0.29) is 5.91 Å². The van der Waals surface area contributed by atoms with E-state index in [1.165, 1.54) is 30.4 Å². The van der Waals surface area contributed by atoms with Crippen molar-refractivity contribution in [3.8, 4) is 0 Å². The average molecular weight is 258 g/mol. The van der Waals surface area contributed by atoms with Gasteiger partial charge in [0.1, 0.15) is 0 Å². The molecule has 0 atom stereocenters. The number of carbonyl (C=O) groups excluding carboxylic acids is 1. The van der Waals surface area contributed by atoms with E-state index in [4.69, 9.17) is 0 Å². The molecule has 1 saturated heterocycles. The lowest BCUT2D eigenvalue weighted by Crippen LogP contribution is -2.44. The van der Waals surface area contributed by atoms with Crippen molar-refractivity contribution in [1.29, 1.82) is 0 Å². The first-order valence-electron chi connectivity index (χ1n) is 7.41. The van der Waals surface area contributed by atoms with Crippen LogP contribution in [-0.4, -0.2) is 36.5 Å². The van der Waals surface area contributed by atoms with Gasteiger partial charge in [0.25, 0.3) is 0 Å². The van der Waals surface area contributed by atoms with E-state index in [1.807, 2.05) is 4.90 Å². The summed E-state index contributed by atoms with van der Waals surface area (Å²) in [6.07, 6.45) is 5.73. The van der Waals surface area contributed by atoms with Crippen LogP contribution in [0.25, 0.3) is 0 Å². The van der Waals surface area contributed by atoms with Crippen molar-refractivity contribution in [2.75, 3.05) is 19.6 Å². The Bertz CT molecular complexity index is 427. The number of hydrogen-bond donors (Lipinski definition) is 1. The highest BCUT2D eigenvalue weighted by atomic mass is 16.2. The van der Waals surface area contributed by atoms with Crippen molar-refractivity contribution >= 4 is 5.91 Å². The van der Waals surface area contributed by atoms with Gasteiger partial charge in [0.15, 0.2) is 0 Å². The van der Waals surface area contributed by atoms with Gasteiger partial charge in [0.2, 0.25) is 5.91 Å². The molecule has 1 fully saturated rings. The zero-order valence-corrected chi connectivity index (χ0v) is 11.4. The van der Waals surface area contributed by atoms with Crippen LogP contribution in [0.4, 0.5) is 0 Å². The van der Waals surface area contributed by atoms with Crippen molar-refractivity contribution in [3.63, 3.8) is 0 Å². The lowest BCUT2D eigenvalue weighted by atomic mass is 10.1. The molecule has 3 heteroatoms. The van der Waals surface area contributed by atoms with Crippen molar-refractivity contribution in [1.82, 2.24) is 10.2 Å². The van der Waals surface area contributed by atoms with Crippen LogP contribution in [0.15, 0.2) is 24.3 Å². The SMILES string of the molecule is O=C(CNC1Cc2ccccc2C1)N1CCCCC1. The average Bonchev–Trinajstić information content (AvgIpc) is 2.88. The molecule has 0 bridgehead atoms. The quantitative estimate of drug-likeness (QED) is 0.896. The number of benzene rings is 1. The fourth-order valence-corrected chi connectivity index (χ4v) is 3.19. The van der Waals surface area contributed by atoms with E-state index in [0.29, 0.717) is 12.6 Å². The van der Waals surface area contributed by atoms with Gasteiger partial charge >= 0.3 is 0 Å². The Morgan fingerprint density at radius 1 is 1.11 bits per heavy atom. The molecule has 1 aliphatic heterocycles. The molecule has 0 radical (unpaired) electrons. The number of amides is 1. The number of rotatable bonds is 3. The summed E-state index contributed by atoms with van der Waals surface area (Å²) in [4.78, 5) is 14.1. The smallest absolute Gasteiger partial charge is 0.236 e. The first-order chi connectivity index (χ1) is 9.33. The minimum atomic E-state index is 0.274. The number of likely N-dealkylation sites (tertiary alicyclic amines) is 1. The molecule has 1 aromatic carbocycles. The van der Waals surface area contributed by atoms with Crippen LogP contribution >= 0.6 is 0 Å². The molecule has 1 N–H and O–H groups in total. The molecule has 1 amide bonds. The number of nitrogens with zero attached hydrogens (tertiary/aromatic N) is 1. The summed E-state index contributed by atoms with van der Waals surface area (Å²) in [5.41, 5.74) is 2.87. The standard InChI is InChI=1S/C16H22N2O/c19-16(18-8-4-1-5-9-18)12-17-15-10-13-6-2-3-7-14(13)11-15/h2-3,6-7,15,17H,1,4-5,8-12H2. The molecule has 0 aromatic heterocycles. The highest BCUT2D eigenvalue weighted by Gasteiger charge is 2.22. The summed E-state index contributed by atoms with van der Waals surface area (Å²) < 4.78 is 0. The zero-order chi connectivity index (χ0) is 13.1. The van der Waals surface area contributed by atoms with Crippen LogP contribution in [0.3, 0.4) is 0 Å². The van der Waals surface area contributed by atoms with E-state index in [0.717, 1.165) is 25.9 Å². The first kappa shape index (κ1) is 12.7. The second-order valence-electron chi connectivity index (χ2n) is 5.70. The molecule has 1 aromatic rings. The summed E-state index contributed by atoms with van der Waals surface area (Å²) >= 11 is 0. The molecule has 1 aliphatic carbocycles. The van der Waals surface area contributed by atoms with E-state index in [1.54, 1.807) is 0 Å². The van der Waals surface area contributed by atoms with Gasteiger partial charge < -0.3 is 10.2 Å². The lowest BCUT2D eigenvalue weighted by molar-refractivity contribution is -0.131. The minimum absolute atomic E-state index is 0.274. The summed E-state index contributed by atoms with van der Waals surface area (Å²) in [7, 11) is 0. The minimum Gasteiger partial charge on any atom is -0.342 e. The van der Waals surface area contributed by atoms with Gasteiger partial charge in [-0.3, -0.25) is 4.79 Å². The van der Waals surface area contributed by atoms with Gasteiger partial charge in [0, 0.05) is 19.1 Å². The van der Waals surface area contributed by atoms with Crippen molar-refractivity contribution in [2.24, 2.45) is 0 Å². The second kappa shape index (κ2) is 5.74. The summed E-state index contributed by atoms with van der Waals surface area (Å²) in [6, 6.07) is 9.03. The third-order valence-electron chi connectivity index (χ3n) is 4.30. The Labute approximate surface area is 115 Å². The third kappa shape index (κ3) is 2.98. The highest BCUT2D eigenvalue weighted by Crippen LogP contribution is 2.21. The van der Waals surface area contributed by atoms with E-state index < -0.39 is 0 Å². The molecule has 1 heterocycles. The van der Waals surface area contributed by atoms with Crippen LogP contribution in [-0.2, 0) is 17.6 Å². The maximum Gasteiger partial charge on any atom is 0.236 e. The van der Waals surface area contributed by atoms with Crippen molar-refractivity contribution in [3.05, 3.63) is 35.4 Å². The van der Waals surface area contributed by atoms with Gasteiger partial charge in [-0.15, -0.1) is 0 Å². The maximum atomic E-state index is 12.1. The van der Waals surface area contributed by atoms with Gasteiger partial charge in [0.05, 0.1) is 6.54 Å². The Morgan fingerprint density at radius 3 is 2.37 bits per heavy atom. The number of hydrogen-bond acceptors (Lipinski definition) is 2. The first-order valence-corrected chi connectivity index (χ1v) is 7.41. The summed E-state index contributed by atoms with van der Waals surface area (Å²) in [5, 5.41) is 3.43. The number of fused-ring (bicyclic) bond motifs is 1. The van der Waals surface area contributed by atoms with Crippen LogP contribution in [0.5, 0.6) is 0 Å². The number of piperidine rings is 1. The predicted octanol–water partition coefficient (Wildman–Crippen LogP) is 1.76. The molecule has 102 valence electrons. The molecule has 3 nitrogen and oxygen atoms in total. The number of carbonyl (C=O) groups is 1. The fourth-order valence-electron chi connectivity index (χ4n) is 3.19. The van der Waals surface area contributed by atoms with Crippen LogP contribution in [0.1, 0.15) is 30.4 Å². The normalized spacial score (nSPS) is 19.5. The van der Waals surface area contributed by atoms with E-state index in [2.05, 4.69) is 29.6 Å². The number of nitrogens with one attached hydrogen (secondary N) is 1. The lowest BCUT2D eigenvalue weighted by Gasteiger charge is -2.27. The molecular weight excluding hydrogens is 236 g/mol. The topological polar surface area (TPSA) is 32.3 Å². The maximum absolute atomic E-state index is 12.1. The Kier molecular flexibility index (Phi) is 3.83. The Balaban J connectivity index is 1.47. The molecule has 19 heavy (non-hydrogen) atoms. The van der Waals surface area contributed by atoms with E-state index >= 15 is 0 Å². The zero-order valence-electron chi connectivity index (χ0n) is 11.4. The van der Waals surface area contributed by atoms with Crippen molar-refractivity contribution in [2.45, 2.75) is 38.1 Å². The molecule has 0 saturated carbocycles. The molecule has 3 rings (SSSR count). The van der Waals surface area contributed by atoms with Crippen LogP contribution in [0, 0.1) is 0 Å². The van der Waals surface area contributed by atoms with E-state index in [9.17, 15) is 4.79 Å². The second-order valence-corrected chi connectivity index (χ2v) is 5.70. The van der Waals surface area contributed by atoms with Gasteiger partial charge in [-0.1, -0.05) is 24.3 Å². The molecule has 0 unspecified atom stereocenters. The monoisotopic (exact) mass is 258 g/mol. The van der Waals surface area contributed by atoms with Gasteiger partial charge in [-0.25, -0.2) is 0 Å². The van der Waals surface area contributed by atoms with Gasteiger partial charge in [-0.05, 0) is 43.2 Å². The fraction of sp³-hybridized carbons (Fsp3) is 0.562.